The lowest BCUT2D eigenvalue weighted by atomic mass is 9.86. The number of nitrogens with one attached hydrogen (secondary N) is 2. The maximum absolute atomic E-state index is 5.42. The van der Waals surface area contributed by atoms with Crippen LogP contribution in [0, 0.1) is 0 Å². The van der Waals surface area contributed by atoms with Crippen molar-refractivity contribution in [2.75, 3.05) is 0 Å². The number of hydrogen-bond acceptors (Lipinski definition) is 4. The van der Waals surface area contributed by atoms with Crippen LogP contribution in [0.3, 0.4) is 0 Å². The van der Waals surface area contributed by atoms with E-state index in [4.69, 9.17) is 9.97 Å². The number of H-pyrrole nitrogens is 2. The summed E-state index contributed by atoms with van der Waals surface area (Å²) in [5, 5.41) is 0. The van der Waals surface area contributed by atoms with Crippen molar-refractivity contribution in [3.05, 3.63) is 156 Å². The first kappa shape index (κ1) is 35.1. The van der Waals surface area contributed by atoms with E-state index in [1.807, 2.05) is 49.1 Å². The molecule has 0 unspecified atom stereocenters. The highest BCUT2D eigenvalue weighted by Gasteiger charge is 2.21. The molecule has 0 amide bonds. The molecule has 7 heterocycles. The molecule has 2 aliphatic rings. The highest BCUT2D eigenvalue weighted by molar-refractivity contribution is 5.99. The predicted molar refractivity (Wildman–Crippen MR) is 234 cm³/mol. The van der Waals surface area contributed by atoms with E-state index in [9.17, 15) is 0 Å². The zero-order chi connectivity index (χ0) is 38.6. The second kappa shape index (κ2) is 13.6. The van der Waals surface area contributed by atoms with Crippen molar-refractivity contribution < 1.29 is 0 Å². The molecule has 2 aliphatic heterocycles. The SMILES string of the molecule is CC(C)(C)c1ccc(-c2c3nc(c(-c4ccncc4)c4ccc([nH]4)c(-c4ccc(C(C)(C)C)cc4)c4nc(c(-c5ccncc5)c5ccc2[nH]5)C=C4)C=C3)cc1. The smallest absolute Gasteiger partial charge is 0.0737 e. The maximum atomic E-state index is 5.42. The van der Waals surface area contributed by atoms with Crippen LogP contribution in [-0.4, -0.2) is 29.9 Å². The van der Waals surface area contributed by atoms with Crippen LogP contribution in [0.5, 0.6) is 0 Å². The average Bonchev–Trinajstić information content (AvgIpc) is 4.03. The van der Waals surface area contributed by atoms with Gasteiger partial charge in [-0.05, 0) is 117 Å². The molecule has 8 bridgehead atoms. The van der Waals surface area contributed by atoms with E-state index in [0.29, 0.717) is 0 Å². The molecular formula is C50H44N6. The minimum absolute atomic E-state index is 0.0330. The Morgan fingerprint density at radius 2 is 0.607 bits per heavy atom. The van der Waals surface area contributed by atoms with E-state index in [2.05, 4.69) is 159 Å². The minimum atomic E-state index is 0.0330. The summed E-state index contributed by atoms with van der Waals surface area (Å²) in [5.41, 5.74) is 18.3. The number of pyridine rings is 2. The van der Waals surface area contributed by atoms with Gasteiger partial charge in [0.15, 0.2) is 0 Å². The number of rotatable bonds is 4. The molecule has 2 aromatic carbocycles. The Kier molecular flexibility index (Phi) is 8.50. The van der Waals surface area contributed by atoms with E-state index in [0.717, 1.165) is 89.4 Å². The molecule has 0 spiro atoms. The molecule has 0 saturated heterocycles. The summed E-state index contributed by atoms with van der Waals surface area (Å²) in [4.78, 5) is 27.2. The van der Waals surface area contributed by atoms with Crippen molar-refractivity contribution in [1.82, 2.24) is 29.9 Å². The van der Waals surface area contributed by atoms with E-state index in [-0.39, 0.29) is 10.8 Å². The van der Waals surface area contributed by atoms with Crippen LogP contribution in [-0.2, 0) is 10.8 Å². The van der Waals surface area contributed by atoms with Crippen LogP contribution in [0.25, 0.3) is 90.9 Å². The standard InChI is InChI=1S/C50H44N6/c1-49(2,3)35-11-7-31(8-12-35)45-37-15-19-41(53-37)47(33-23-27-51-28-24-33)43-21-17-39(55-43)46(32-9-13-36(14-10-32)50(4,5)6)40-18-22-44(56-40)48(34-25-29-52-30-26-34)42-20-16-38(45)54-42/h7-30,53,56H,1-6H3. The quantitative estimate of drug-likeness (QED) is 0.189. The number of aromatic amines is 2. The van der Waals surface area contributed by atoms with E-state index in [1.54, 1.807) is 0 Å². The molecular weight excluding hydrogens is 685 g/mol. The molecule has 56 heavy (non-hydrogen) atoms. The van der Waals surface area contributed by atoms with Crippen LogP contribution >= 0.6 is 0 Å². The predicted octanol–water partition coefficient (Wildman–Crippen LogP) is 12.7. The molecule has 2 N–H and O–H groups in total. The highest BCUT2D eigenvalue weighted by Crippen LogP contribution is 2.39. The first-order chi connectivity index (χ1) is 27.0. The van der Waals surface area contributed by atoms with Gasteiger partial charge in [0.1, 0.15) is 0 Å². The number of fused-ring (bicyclic) bond motifs is 8. The fourth-order valence-electron chi connectivity index (χ4n) is 7.73. The lowest BCUT2D eigenvalue weighted by molar-refractivity contribution is 0.590. The third kappa shape index (κ3) is 6.47. The van der Waals surface area contributed by atoms with Gasteiger partial charge < -0.3 is 9.97 Å². The van der Waals surface area contributed by atoms with Crippen LogP contribution in [0.4, 0.5) is 0 Å². The molecule has 0 radical (unpaired) electrons. The van der Waals surface area contributed by atoms with Gasteiger partial charge in [-0.15, -0.1) is 0 Å². The van der Waals surface area contributed by atoms with Gasteiger partial charge in [0.05, 0.1) is 22.8 Å². The van der Waals surface area contributed by atoms with Crippen molar-refractivity contribution in [3.63, 3.8) is 0 Å². The third-order valence-corrected chi connectivity index (χ3v) is 10.8. The Bertz CT molecular complexity index is 2630. The molecule has 0 saturated carbocycles. The number of nitrogens with zero attached hydrogens (tertiary/aromatic N) is 4. The summed E-state index contributed by atoms with van der Waals surface area (Å²) in [6.07, 6.45) is 15.9. The Hall–Kier alpha value is -6.66. The van der Waals surface area contributed by atoms with Gasteiger partial charge in [-0.25, -0.2) is 9.97 Å². The summed E-state index contributed by atoms with van der Waals surface area (Å²) in [5.74, 6) is 0. The van der Waals surface area contributed by atoms with E-state index in [1.165, 1.54) is 11.1 Å². The van der Waals surface area contributed by atoms with Crippen molar-refractivity contribution in [2.24, 2.45) is 0 Å². The van der Waals surface area contributed by atoms with Crippen molar-refractivity contribution in [3.8, 4) is 44.5 Å². The number of benzene rings is 2. The largest absolute Gasteiger partial charge is 0.354 e. The van der Waals surface area contributed by atoms with Gasteiger partial charge in [-0.3, -0.25) is 9.97 Å². The van der Waals surface area contributed by atoms with Gasteiger partial charge in [0, 0.05) is 69.1 Å². The topological polar surface area (TPSA) is 83.1 Å². The van der Waals surface area contributed by atoms with E-state index >= 15 is 0 Å². The van der Waals surface area contributed by atoms with Crippen molar-refractivity contribution in [1.29, 1.82) is 0 Å². The maximum Gasteiger partial charge on any atom is 0.0737 e. The summed E-state index contributed by atoms with van der Waals surface area (Å²) >= 11 is 0. The normalized spacial score (nSPS) is 12.7. The molecule has 0 aliphatic carbocycles. The zero-order valence-corrected chi connectivity index (χ0v) is 32.6. The Labute approximate surface area is 327 Å². The summed E-state index contributed by atoms with van der Waals surface area (Å²) in [7, 11) is 0. The Morgan fingerprint density at radius 3 is 0.875 bits per heavy atom. The van der Waals surface area contributed by atoms with E-state index < -0.39 is 0 Å². The van der Waals surface area contributed by atoms with Crippen molar-refractivity contribution >= 4 is 46.4 Å². The molecule has 274 valence electrons. The molecule has 5 aromatic heterocycles. The number of hydrogen-bond donors (Lipinski definition) is 2. The van der Waals surface area contributed by atoms with Crippen LogP contribution < -0.4 is 0 Å². The van der Waals surface area contributed by atoms with Gasteiger partial charge in [-0.1, -0.05) is 90.1 Å². The monoisotopic (exact) mass is 728 g/mol. The van der Waals surface area contributed by atoms with Crippen LogP contribution in [0.1, 0.15) is 75.4 Å². The zero-order valence-electron chi connectivity index (χ0n) is 32.6. The molecule has 6 heteroatoms. The lowest BCUT2D eigenvalue weighted by Gasteiger charge is -2.19. The third-order valence-electron chi connectivity index (χ3n) is 10.8. The van der Waals surface area contributed by atoms with Gasteiger partial charge >= 0.3 is 0 Å². The fourth-order valence-corrected chi connectivity index (χ4v) is 7.73. The highest BCUT2D eigenvalue weighted by atomic mass is 14.8. The van der Waals surface area contributed by atoms with Crippen molar-refractivity contribution in [2.45, 2.75) is 52.4 Å². The van der Waals surface area contributed by atoms with Gasteiger partial charge in [-0.2, -0.15) is 0 Å². The first-order valence-electron chi connectivity index (χ1n) is 19.2. The minimum Gasteiger partial charge on any atom is -0.354 e. The lowest BCUT2D eigenvalue weighted by Crippen LogP contribution is -2.10. The second-order valence-electron chi connectivity index (χ2n) is 16.6. The molecule has 0 atom stereocenters. The molecule has 9 rings (SSSR count). The average molecular weight is 729 g/mol. The van der Waals surface area contributed by atoms with Gasteiger partial charge in [0.2, 0.25) is 0 Å². The second-order valence-corrected chi connectivity index (χ2v) is 16.6. The molecule has 0 fully saturated rings. The molecule has 6 nitrogen and oxygen atoms in total. The van der Waals surface area contributed by atoms with Crippen LogP contribution in [0.2, 0.25) is 0 Å². The number of aromatic nitrogens is 6. The van der Waals surface area contributed by atoms with Crippen LogP contribution in [0.15, 0.2) is 122 Å². The summed E-state index contributed by atoms with van der Waals surface area (Å²) < 4.78 is 0. The fraction of sp³-hybridized carbons (Fsp3) is 0.160. The first-order valence-corrected chi connectivity index (χ1v) is 19.2. The van der Waals surface area contributed by atoms with Gasteiger partial charge in [0.25, 0.3) is 0 Å². The molecule has 7 aromatic rings. The summed E-state index contributed by atoms with van der Waals surface area (Å²) in [6.45, 7) is 13.5. The Morgan fingerprint density at radius 1 is 0.339 bits per heavy atom. The summed E-state index contributed by atoms with van der Waals surface area (Å²) in [6, 6.07) is 34.7. The Balaban J connectivity index is 1.43.